The Bertz CT molecular complexity index is 458. The molecule has 0 heterocycles. The van der Waals surface area contributed by atoms with Gasteiger partial charge in [-0.1, -0.05) is 0 Å². The van der Waals surface area contributed by atoms with Gasteiger partial charge in [-0.25, -0.2) is 9.59 Å². The zero-order valence-corrected chi connectivity index (χ0v) is 14.1. The summed E-state index contributed by atoms with van der Waals surface area (Å²) >= 11 is 0. The van der Waals surface area contributed by atoms with Gasteiger partial charge < -0.3 is 28.4 Å². The minimum absolute atomic E-state index is 0.0367. The number of carbonyl (C=O) groups is 2. The second-order valence-electron chi connectivity index (χ2n) is 4.58. The van der Waals surface area contributed by atoms with E-state index in [0.717, 1.165) is 0 Å². The summed E-state index contributed by atoms with van der Waals surface area (Å²) in [5, 5.41) is 0. The van der Waals surface area contributed by atoms with Crippen LogP contribution in [-0.2, 0) is 28.4 Å². The molecule has 0 N–H and O–H groups in total. The van der Waals surface area contributed by atoms with Crippen LogP contribution in [0.15, 0.2) is 24.3 Å². The van der Waals surface area contributed by atoms with Crippen molar-refractivity contribution in [2.24, 2.45) is 0 Å². The predicted molar refractivity (Wildman–Crippen MR) is 82.6 cm³/mol. The Morgan fingerprint density at radius 2 is 1.00 bits per heavy atom. The second-order valence-corrected chi connectivity index (χ2v) is 4.58. The number of methoxy groups -OCH3 is 4. The van der Waals surface area contributed by atoms with E-state index in [9.17, 15) is 9.59 Å². The summed E-state index contributed by atoms with van der Waals surface area (Å²) in [6.07, 6.45) is -1.25. The molecule has 0 aliphatic carbocycles. The van der Waals surface area contributed by atoms with Crippen molar-refractivity contribution in [3.8, 4) is 0 Å². The molecule has 1 aromatic rings. The lowest BCUT2D eigenvalue weighted by atomic mass is 10.1. The van der Waals surface area contributed by atoms with E-state index in [4.69, 9.17) is 28.4 Å². The van der Waals surface area contributed by atoms with E-state index in [2.05, 4.69) is 0 Å². The van der Waals surface area contributed by atoms with Crippen LogP contribution < -0.4 is 0 Å². The lowest BCUT2D eigenvalue weighted by Crippen LogP contribution is -2.23. The average Bonchev–Trinajstić information content (AvgIpc) is 2.63. The number of esters is 2. The van der Waals surface area contributed by atoms with Gasteiger partial charge in [-0.2, -0.15) is 0 Å². The minimum atomic E-state index is -0.627. The molecule has 1 rings (SSSR count). The van der Waals surface area contributed by atoms with Crippen LogP contribution in [0.25, 0.3) is 0 Å². The van der Waals surface area contributed by atoms with Gasteiger partial charge in [-0.3, -0.25) is 0 Å². The van der Waals surface area contributed by atoms with Crippen LogP contribution in [0.3, 0.4) is 0 Å². The molecule has 0 unspecified atom stereocenters. The fourth-order valence-corrected chi connectivity index (χ4v) is 1.66. The number of hydrogen-bond acceptors (Lipinski definition) is 8. The number of rotatable bonds is 10. The van der Waals surface area contributed by atoms with Crippen LogP contribution in [-0.4, -0.2) is 66.2 Å². The molecule has 0 atom stereocenters. The van der Waals surface area contributed by atoms with Crippen LogP contribution >= 0.6 is 0 Å². The molecule has 0 aliphatic heterocycles. The van der Waals surface area contributed by atoms with Gasteiger partial charge in [0.2, 0.25) is 0 Å². The number of benzene rings is 1. The zero-order chi connectivity index (χ0) is 17.9. The van der Waals surface area contributed by atoms with Gasteiger partial charge in [0.15, 0.2) is 12.6 Å². The fraction of sp³-hybridized carbons (Fsp3) is 0.500. The molecular weight excluding hydrogens is 320 g/mol. The maximum absolute atomic E-state index is 11.9. The monoisotopic (exact) mass is 342 g/mol. The first-order valence-corrected chi connectivity index (χ1v) is 7.11. The Morgan fingerprint density at radius 3 is 1.25 bits per heavy atom. The smallest absolute Gasteiger partial charge is 0.338 e. The molecule has 24 heavy (non-hydrogen) atoms. The summed E-state index contributed by atoms with van der Waals surface area (Å²) in [4.78, 5) is 23.7. The third-order valence-electron chi connectivity index (χ3n) is 3.11. The van der Waals surface area contributed by atoms with Gasteiger partial charge >= 0.3 is 11.9 Å². The highest BCUT2D eigenvalue weighted by Gasteiger charge is 2.15. The highest BCUT2D eigenvalue weighted by molar-refractivity contribution is 5.93. The van der Waals surface area contributed by atoms with Crippen LogP contribution in [0.5, 0.6) is 0 Å². The van der Waals surface area contributed by atoms with Gasteiger partial charge in [0.05, 0.1) is 11.1 Å². The standard InChI is InChI=1S/C16H22O8/c1-19-13(20-2)9-23-15(17)11-5-7-12(8-6-11)16(18)24-10-14(21-3)22-4/h5-8,13-14H,9-10H2,1-4H3. The number of carbonyl (C=O) groups excluding carboxylic acids is 2. The Labute approximate surface area is 140 Å². The van der Waals surface area contributed by atoms with E-state index < -0.39 is 24.5 Å². The molecule has 0 aromatic heterocycles. The molecule has 0 bridgehead atoms. The maximum atomic E-state index is 11.9. The second kappa shape index (κ2) is 10.7. The largest absolute Gasteiger partial charge is 0.457 e. The predicted octanol–water partition coefficient (Wildman–Crippen LogP) is 1.24. The lowest BCUT2D eigenvalue weighted by molar-refractivity contribution is -0.129. The van der Waals surface area contributed by atoms with Crippen LogP contribution in [0.1, 0.15) is 20.7 Å². The molecule has 0 saturated carbocycles. The minimum Gasteiger partial charge on any atom is -0.457 e. The van der Waals surface area contributed by atoms with Crippen molar-refractivity contribution in [3.63, 3.8) is 0 Å². The molecule has 0 radical (unpaired) electrons. The van der Waals surface area contributed by atoms with E-state index in [0.29, 0.717) is 11.1 Å². The van der Waals surface area contributed by atoms with E-state index in [-0.39, 0.29) is 13.2 Å². The van der Waals surface area contributed by atoms with Gasteiger partial charge in [0.1, 0.15) is 13.2 Å². The molecule has 0 amide bonds. The van der Waals surface area contributed by atoms with Gasteiger partial charge in [-0.05, 0) is 24.3 Å². The molecule has 0 spiro atoms. The topological polar surface area (TPSA) is 89.5 Å². The molecule has 0 fully saturated rings. The van der Waals surface area contributed by atoms with E-state index in [1.807, 2.05) is 0 Å². The van der Waals surface area contributed by atoms with Crippen molar-refractivity contribution in [3.05, 3.63) is 35.4 Å². The highest BCUT2D eigenvalue weighted by Crippen LogP contribution is 2.09. The molecule has 0 saturated heterocycles. The van der Waals surface area contributed by atoms with E-state index in [1.165, 1.54) is 52.7 Å². The van der Waals surface area contributed by atoms with Crippen molar-refractivity contribution in [2.45, 2.75) is 12.6 Å². The summed E-state index contributed by atoms with van der Waals surface area (Å²) < 4.78 is 29.8. The number of hydrogen-bond donors (Lipinski definition) is 0. The lowest BCUT2D eigenvalue weighted by Gasteiger charge is -2.14. The summed E-state index contributed by atoms with van der Waals surface area (Å²) in [5.74, 6) is -1.10. The molecule has 8 heteroatoms. The molecule has 134 valence electrons. The quantitative estimate of drug-likeness (QED) is 0.463. The summed E-state index contributed by atoms with van der Waals surface area (Å²) in [6, 6.07) is 5.88. The summed E-state index contributed by atoms with van der Waals surface area (Å²) in [7, 11) is 5.78. The molecular formula is C16H22O8. The normalized spacial score (nSPS) is 10.9. The van der Waals surface area contributed by atoms with Crippen LogP contribution in [0.2, 0.25) is 0 Å². The van der Waals surface area contributed by atoms with Crippen molar-refractivity contribution in [2.75, 3.05) is 41.7 Å². The Balaban J connectivity index is 2.55. The SMILES string of the molecule is COC(COC(=O)c1ccc(C(=O)OCC(OC)OC)cc1)OC. The Hall–Kier alpha value is -2.00. The zero-order valence-electron chi connectivity index (χ0n) is 14.1. The third kappa shape index (κ3) is 6.25. The van der Waals surface area contributed by atoms with Crippen molar-refractivity contribution in [1.82, 2.24) is 0 Å². The fourth-order valence-electron chi connectivity index (χ4n) is 1.66. The molecule has 1 aromatic carbocycles. The van der Waals surface area contributed by atoms with Crippen molar-refractivity contribution < 1.29 is 38.0 Å². The Morgan fingerprint density at radius 1 is 0.708 bits per heavy atom. The van der Waals surface area contributed by atoms with Crippen LogP contribution in [0, 0.1) is 0 Å². The van der Waals surface area contributed by atoms with Crippen molar-refractivity contribution >= 4 is 11.9 Å². The number of ether oxygens (including phenoxy) is 6. The first kappa shape index (κ1) is 20.0. The highest BCUT2D eigenvalue weighted by atomic mass is 16.7. The summed E-state index contributed by atoms with van der Waals surface area (Å²) in [6.45, 7) is -0.0733. The van der Waals surface area contributed by atoms with E-state index >= 15 is 0 Å². The first-order chi connectivity index (χ1) is 11.5. The van der Waals surface area contributed by atoms with Crippen molar-refractivity contribution in [1.29, 1.82) is 0 Å². The molecule has 0 aliphatic rings. The average molecular weight is 342 g/mol. The Kier molecular flexibility index (Phi) is 8.95. The van der Waals surface area contributed by atoms with Gasteiger partial charge in [-0.15, -0.1) is 0 Å². The molecule has 8 nitrogen and oxygen atoms in total. The van der Waals surface area contributed by atoms with Gasteiger partial charge in [0, 0.05) is 28.4 Å². The summed E-state index contributed by atoms with van der Waals surface area (Å²) in [5.41, 5.74) is 0.591. The van der Waals surface area contributed by atoms with Gasteiger partial charge in [0.25, 0.3) is 0 Å². The third-order valence-corrected chi connectivity index (χ3v) is 3.11. The maximum Gasteiger partial charge on any atom is 0.338 e. The van der Waals surface area contributed by atoms with E-state index in [1.54, 1.807) is 0 Å². The first-order valence-electron chi connectivity index (χ1n) is 7.11. The van der Waals surface area contributed by atoms with Crippen LogP contribution in [0.4, 0.5) is 0 Å².